The van der Waals surface area contributed by atoms with Crippen molar-refractivity contribution in [2.24, 2.45) is 35.5 Å². The molecule has 5 rings (SSSR count). The molecule has 0 aromatic carbocycles. The SMILES string of the molecule is CNC1CCC(C(=O)NC2CCCC(NC(=O)C3CCC(NC(=O)C4CCC(OC5CCC(C(C)=O)C(C(=O)O)C5)CC4C(=O)O)CC3)C2)CC1. The molecule has 51 heavy (non-hydrogen) atoms. The Hall–Kier alpha value is -3.06. The number of aliphatic carboxylic acids is 2. The summed E-state index contributed by atoms with van der Waals surface area (Å²) in [6, 6.07) is 0.500. The van der Waals surface area contributed by atoms with Gasteiger partial charge in [-0.05, 0) is 130 Å². The summed E-state index contributed by atoms with van der Waals surface area (Å²) >= 11 is 0. The number of hydrogen-bond donors (Lipinski definition) is 6. The van der Waals surface area contributed by atoms with Crippen LogP contribution in [0.15, 0.2) is 0 Å². The van der Waals surface area contributed by atoms with Crippen molar-refractivity contribution in [1.82, 2.24) is 21.3 Å². The smallest absolute Gasteiger partial charge is 0.307 e. The van der Waals surface area contributed by atoms with Crippen molar-refractivity contribution >= 4 is 35.4 Å². The van der Waals surface area contributed by atoms with E-state index in [0.29, 0.717) is 57.4 Å². The number of ketones is 1. The van der Waals surface area contributed by atoms with Gasteiger partial charge >= 0.3 is 11.9 Å². The van der Waals surface area contributed by atoms with E-state index < -0.39 is 41.7 Å². The number of ether oxygens (including phenoxy) is 1. The van der Waals surface area contributed by atoms with Gasteiger partial charge in [0.15, 0.2) is 0 Å². The molecule has 5 aliphatic rings. The maximum atomic E-state index is 13.4. The molecule has 0 saturated heterocycles. The molecule has 0 aliphatic heterocycles. The summed E-state index contributed by atoms with van der Waals surface area (Å²) in [7, 11) is 1.97. The number of carboxylic acids is 2. The average molecular weight is 717 g/mol. The Balaban J connectivity index is 1.02. The number of nitrogens with one attached hydrogen (secondary N) is 4. The van der Waals surface area contributed by atoms with Gasteiger partial charge in [-0.2, -0.15) is 0 Å². The summed E-state index contributed by atoms with van der Waals surface area (Å²) in [6.45, 7) is 1.42. The highest BCUT2D eigenvalue weighted by molar-refractivity contribution is 5.86. The molecule has 286 valence electrons. The van der Waals surface area contributed by atoms with Crippen LogP contribution in [0.3, 0.4) is 0 Å². The van der Waals surface area contributed by atoms with E-state index in [1.54, 1.807) is 0 Å². The molecule has 0 spiro atoms. The normalized spacial score (nSPS) is 37.4. The van der Waals surface area contributed by atoms with Crippen LogP contribution in [0.5, 0.6) is 0 Å². The maximum absolute atomic E-state index is 13.4. The van der Waals surface area contributed by atoms with Crippen molar-refractivity contribution in [3.63, 3.8) is 0 Å². The van der Waals surface area contributed by atoms with Crippen LogP contribution < -0.4 is 21.3 Å². The van der Waals surface area contributed by atoms with Gasteiger partial charge in [0.25, 0.3) is 0 Å². The first-order chi connectivity index (χ1) is 24.4. The fraction of sp³-hybridized carbons (Fsp3) is 0.842. The first kappa shape index (κ1) is 39.2. The molecule has 13 nitrogen and oxygen atoms in total. The topological polar surface area (TPSA) is 200 Å². The van der Waals surface area contributed by atoms with Crippen LogP contribution in [0, 0.1) is 35.5 Å². The minimum Gasteiger partial charge on any atom is -0.481 e. The summed E-state index contributed by atoms with van der Waals surface area (Å²) in [5, 5.41) is 32.6. The zero-order valence-corrected chi connectivity index (χ0v) is 30.4. The number of carbonyl (C=O) groups excluding carboxylic acids is 4. The van der Waals surface area contributed by atoms with Crippen molar-refractivity contribution < 1.29 is 43.7 Å². The highest BCUT2D eigenvalue weighted by Crippen LogP contribution is 2.38. The number of Topliss-reactive ketones (excluding diaryl/α,β-unsaturated/α-hetero) is 1. The molecular formula is C38H60N4O9. The third-order valence-corrected chi connectivity index (χ3v) is 12.8. The van der Waals surface area contributed by atoms with Crippen LogP contribution in [0.4, 0.5) is 0 Å². The van der Waals surface area contributed by atoms with Gasteiger partial charge in [-0.25, -0.2) is 0 Å². The predicted octanol–water partition coefficient (Wildman–Crippen LogP) is 3.33. The van der Waals surface area contributed by atoms with Gasteiger partial charge in [0.2, 0.25) is 17.7 Å². The monoisotopic (exact) mass is 716 g/mol. The number of carbonyl (C=O) groups is 6. The highest BCUT2D eigenvalue weighted by atomic mass is 16.5. The van der Waals surface area contributed by atoms with E-state index in [9.17, 15) is 39.0 Å². The molecule has 5 aliphatic carbocycles. The standard InChI is InChI=1S/C38H60N4O9/c1-21(43)30-16-14-28(19-32(30)37(47)48)51-29-15-17-31(33(20-29)38(49)50)36(46)40-25-12-8-23(9-13-25)35(45)42-27-5-3-4-26(18-27)41-34(44)22-6-10-24(39-2)11-7-22/h22-33,39H,3-20H2,1-2H3,(H,40,46)(H,41,44)(H,42,45)(H,47,48)(H,49,50). The van der Waals surface area contributed by atoms with E-state index >= 15 is 0 Å². The molecule has 8 atom stereocenters. The Morgan fingerprint density at radius 2 is 0.941 bits per heavy atom. The Kier molecular flexibility index (Phi) is 13.9. The first-order valence-corrected chi connectivity index (χ1v) is 19.6. The molecule has 6 N–H and O–H groups in total. The Morgan fingerprint density at radius 1 is 0.490 bits per heavy atom. The van der Waals surface area contributed by atoms with Crippen molar-refractivity contribution in [2.75, 3.05) is 7.05 Å². The van der Waals surface area contributed by atoms with Gasteiger partial charge in [0.05, 0.1) is 30.0 Å². The Morgan fingerprint density at radius 3 is 1.41 bits per heavy atom. The fourth-order valence-corrected chi connectivity index (χ4v) is 9.67. The van der Waals surface area contributed by atoms with Gasteiger partial charge in [-0.15, -0.1) is 0 Å². The number of rotatable bonds is 12. The molecule has 0 radical (unpaired) electrons. The van der Waals surface area contributed by atoms with Crippen molar-refractivity contribution in [2.45, 2.75) is 159 Å². The molecule has 0 heterocycles. The van der Waals surface area contributed by atoms with Gasteiger partial charge in [0.1, 0.15) is 5.78 Å². The lowest BCUT2D eigenvalue weighted by atomic mass is 9.75. The number of hydrogen-bond acceptors (Lipinski definition) is 8. The maximum Gasteiger partial charge on any atom is 0.307 e. The van der Waals surface area contributed by atoms with Crippen molar-refractivity contribution in [3.05, 3.63) is 0 Å². The minimum atomic E-state index is -1.05. The van der Waals surface area contributed by atoms with Crippen LogP contribution in [-0.2, 0) is 33.5 Å². The molecule has 8 unspecified atom stereocenters. The summed E-state index contributed by atoms with van der Waals surface area (Å²) in [5.41, 5.74) is 0. The van der Waals surface area contributed by atoms with E-state index in [2.05, 4.69) is 21.3 Å². The molecule has 0 aromatic heterocycles. The zero-order chi connectivity index (χ0) is 36.7. The van der Waals surface area contributed by atoms with E-state index in [-0.39, 0.29) is 72.4 Å². The lowest BCUT2D eigenvalue weighted by Gasteiger charge is -2.38. The Bertz CT molecular complexity index is 1260. The van der Waals surface area contributed by atoms with E-state index in [4.69, 9.17) is 4.74 Å². The summed E-state index contributed by atoms with van der Waals surface area (Å²) < 4.78 is 6.21. The molecule has 5 fully saturated rings. The largest absolute Gasteiger partial charge is 0.481 e. The summed E-state index contributed by atoms with van der Waals surface area (Å²) in [4.78, 5) is 75.6. The van der Waals surface area contributed by atoms with Gasteiger partial charge in [-0.3, -0.25) is 28.8 Å². The average Bonchev–Trinajstić information content (AvgIpc) is 3.11. The second kappa shape index (κ2) is 18.1. The van der Waals surface area contributed by atoms with Crippen LogP contribution >= 0.6 is 0 Å². The van der Waals surface area contributed by atoms with E-state index in [1.165, 1.54) is 6.92 Å². The molecule has 3 amide bonds. The first-order valence-electron chi connectivity index (χ1n) is 19.6. The molecule has 13 heteroatoms. The van der Waals surface area contributed by atoms with Crippen LogP contribution in [0.25, 0.3) is 0 Å². The van der Waals surface area contributed by atoms with Crippen molar-refractivity contribution in [1.29, 1.82) is 0 Å². The molecule has 0 bridgehead atoms. The summed E-state index contributed by atoms with van der Waals surface area (Å²) in [6.07, 6.45) is 11.5. The Labute approximate surface area is 301 Å². The minimum absolute atomic E-state index is 0.0373. The van der Waals surface area contributed by atoms with Crippen LogP contribution in [-0.4, -0.2) is 89.1 Å². The lowest BCUT2D eigenvalue weighted by Crippen LogP contribution is -2.50. The third kappa shape index (κ3) is 10.5. The predicted molar refractivity (Wildman–Crippen MR) is 187 cm³/mol. The second-order valence-corrected chi connectivity index (χ2v) is 16.2. The summed E-state index contributed by atoms with van der Waals surface area (Å²) in [5.74, 6) is -5.28. The van der Waals surface area contributed by atoms with E-state index in [1.807, 2.05) is 7.05 Å². The molecule has 0 aromatic rings. The molecule has 5 saturated carbocycles. The van der Waals surface area contributed by atoms with Gasteiger partial charge < -0.3 is 36.2 Å². The molecular weight excluding hydrogens is 656 g/mol. The lowest BCUT2D eigenvalue weighted by molar-refractivity contribution is -0.158. The second-order valence-electron chi connectivity index (χ2n) is 16.2. The van der Waals surface area contributed by atoms with Crippen LogP contribution in [0.1, 0.15) is 122 Å². The van der Waals surface area contributed by atoms with Gasteiger partial charge in [-0.1, -0.05) is 0 Å². The quantitative estimate of drug-likeness (QED) is 0.174. The zero-order valence-electron chi connectivity index (χ0n) is 30.4. The highest BCUT2D eigenvalue weighted by Gasteiger charge is 2.43. The third-order valence-electron chi connectivity index (χ3n) is 12.8. The van der Waals surface area contributed by atoms with E-state index in [0.717, 1.165) is 51.4 Å². The number of amides is 3. The van der Waals surface area contributed by atoms with Crippen molar-refractivity contribution in [3.8, 4) is 0 Å². The van der Waals surface area contributed by atoms with Gasteiger partial charge in [0, 0.05) is 41.9 Å². The van der Waals surface area contributed by atoms with Crippen LogP contribution in [0.2, 0.25) is 0 Å². The number of carboxylic acid groups (broad SMARTS) is 2. The fourth-order valence-electron chi connectivity index (χ4n) is 9.67.